The van der Waals surface area contributed by atoms with Gasteiger partial charge in [-0.25, -0.2) is 0 Å². The highest BCUT2D eigenvalue weighted by molar-refractivity contribution is 5.83. The van der Waals surface area contributed by atoms with Crippen molar-refractivity contribution in [3.8, 4) is 0 Å². The van der Waals surface area contributed by atoms with E-state index in [4.69, 9.17) is 0 Å². The molecular weight excluding hydrogens is 348 g/mol. The van der Waals surface area contributed by atoms with Gasteiger partial charge in [-0.3, -0.25) is 9.48 Å². The van der Waals surface area contributed by atoms with E-state index >= 15 is 0 Å². The Labute approximate surface area is 170 Å². The van der Waals surface area contributed by atoms with E-state index in [0.29, 0.717) is 6.54 Å². The predicted octanol–water partition coefficient (Wildman–Crippen LogP) is 3.95. The van der Waals surface area contributed by atoms with Crippen molar-refractivity contribution in [3.05, 3.63) is 48.3 Å². The van der Waals surface area contributed by atoms with Gasteiger partial charge in [0, 0.05) is 31.9 Å². The van der Waals surface area contributed by atoms with Crippen LogP contribution in [0.25, 0.3) is 5.57 Å². The van der Waals surface area contributed by atoms with Gasteiger partial charge in [0.15, 0.2) is 0 Å². The minimum Gasteiger partial charge on any atom is -0.338 e. The molecule has 0 saturated carbocycles. The second kappa shape index (κ2) is 11.6. The fraction of sp³-hybridized carbons (Fsp3) is 0.565. The zero-order chi connectivity index (χ0) is 20.4. The zero-order valence-corrected chi connectivity index (χ0v) is 17.9. The van der Waals surface area contributed by atoms with E-state index in [1.165, 1.54) is 5.57 Å². The number of amides is 1. The van der Waals surface area contributed by atoms with E-state index in [1.807, 2.05) is 29.0 Å². The maximum absolute atomic E-state index is 13.3. The van der Waals surface area contributed by atoms with Crippen LogP contribution in [0.4, 0.5) is 0 Å². The molecule has 1 aliphatic rings. The lowest BCUT2D eigenvalue weighted by molar-refractivity contribution is -0.133. The number of hydrogen-bond donors (Lipinski definition) is 1. The van der Waals surface area contributed by atoms with Crippen LogP contribution in [0.5, 0.6) is 0 Å². The van der Waals surface area contributed by atoms with E-state index in [1.54, 1.807) is 0 Å². The molecule has 1 N–H and O–H groups in total. The topological polar surface area (TPSA) is 50.2 Å². The van der Waals surface area contributed by atoms with Gasteiger partial charge < -0.3 is 10.2 Å². The van der Waals surface area contributed by atoms with Crippen LogP contribution in [-0.2, 0) is 11.8 Å². The molecule has 28 heavy (non-hydrogen) atoms. The fourth-order valence-corrected chi connectivity index (χ4v) is 3.49. The Hall–Kier alpha value is -2.14. The first-order chi connectivity index (χ1) is 13.6. The summed E-state index contributed by atoms with van der Waals surface area (Å²) in [5, 5.41) is 7.67. The average Bonchev–Trinajstić information content (AvgIpc) is 3.15. The van der Waals surface area contributed by atoms with Crippen LogP contribution in [0, 0.1) is 5.92 Å². The van der Waals surface area contributed by atoms with Crippen LogP contribution in [0.3, 0.4) is 0 Å². The van der Waals surface area contributed by atoms with E-state index < -0.39 is 0 Å². The lowest BCUT2D eigenvalue weighted by atomic mass is 9.99. The van der Waals surface area contributed by atoms with Crippen molar-refractivity contribution in [2.24, 2.45) is 13.0 Å². The lowest BCUT2D eigenvalue weighted by Crippen LogP contribution is -2.49. The van der Waals surface area contributed by atoms with E-state index in [-0.39, 0.29) is 17.9 Å². The number of carbonyl (C=O) groups is 1. The standard InChI is InChI=1S/C23H36N4O/c1-5-7-8-12-19(3)22(24-6-2)23(28)27-15-10-9-13-20(14-11-16-27)21-17-25-26(4)18-21/h8,11-14,17-19,22,24H,5-7,9-10,15-16H2,1-4H3/b12-8-,14-11-,20-13+. The molecule has 0 radical (unpaired) electrons. The van der Waals surface area contributed by atoms with Gasteiger partial charge in [0.1, 0.15) is 0 Å². The van der Waals surface area contributed by atoms with Crippen molar-refractivity contribution in [3.63, 3.8) is 0 Å². The van der Waals surface area contributed by atoms with Crippen molar-refractivity contribution in [1.29, 1.82) is 0 Å². The number of rotatable bonds is 8. The molecule has 0 bridgehead atoms. The molecule has 0 spiro atoms. The summed E-state index contributed by atoms with van der Waals surface area (Å²) in [6.45, 7) is 8.58. The molecule has 0 fully saturated rings. The van der Waals surface area contributed by atoms with Crippen LogP contribution in [0.15, 0.2) is 42.8 Å². The van der Waals surface area contributed by atoms with Crippen molar-refractivity contribution in [2.75, 3.05) is 19.6 Å². The van der Waals surface area contributed by atoms with Gasteiger partial charge in [-0.05, 0) is 37.3 Å². The van der Waals surface area contributed by atoms with Gasteiger partial charge in [-0.15, -0.1) is 0 Å². The van der Waals surface area contributed by atoms with Gasteiger partial charge >= 0.3 is 0 Å². The molecule has 2 atom stereocenters. The number of carbonyl (C=O) groups excluding carboxylic acids is 1. The van der Waals surface area contributed by atoms with E-state index in [2.05, 4.69) is 61.6 Å². The highest BCUT2D eigenvalue weighted by Crippen LogP contribution is 2.19. The van der Waals surface area contributed by atoms with Crippen molar-refractivity contribution < 1.29 is 4.79 Å². The van der Waals surface area contributed by atoms with Crippen LogP contribution >= 0.6 is 0 Å². The fourth-order valence-electron chi connectivity index (χ4n) is 3.49. The Morgan fingerprint density at radius 1 is 1.39 bits per heavy atom. The van der Waals surface area contributed by atoms with Crippen LogP contribution < -0.4 is 5.32 Å². The Morgan fingerprint density at radius 3 is 2.89 bits per heavy atom. The van der Waals surface area contributed by atoms with Crippen LogP contribution in [-0.4, -0.2) is 46.3 Å². The second-order valence-electron chi connectivity index (χ2n) is 7.50. The van der Waals surface area contributed by atoms with Gasteiger partial charge in [-0.2, -0.15) is 5.10 Å². The molecule has 0 aliphatic carbocycles. The molecule has 2 unspecified atom stereocenters. The van der Waals surface area contributed by atoms with Crippen LogP contribution in [0.1, 0.15) is 52.0 Å². The second-order valence-corrected chi connectivity index (χ2v) is 7.50. The molecule has 2 heterocycles. The molecule has 1 amide bonds. The molecule has 1 aromatic rings. The van der Waals surface area contributed by atoms with E-state index in [9.17, 15) is 4.79 Å². The maximum Gasteiger partial charge on any atom is 0.240 e. The SMILES string of the molecule is CCC/C=C\C(C)C(NCC)C(=O)N1C/C=C\C(c2cnn(C)c2)=C/CCC1. The smallest absolute Gasteiger partial charge is 0.240 e. The van der Waals surface area contributed by atoms with E-state index in [0.717, 1.165) is 44.3 Å². The summed E-state index contributed by atoms with van der Waals surface area (Å²) in [6, 6.07) is -0.169. The maximum atomic E-state index is 13.3. The Morgan fingerprint density at radius 2 is 2.21 bits per heavy atom. The molecule has 5 heteroatoms. The van der Waals surface area contributed by atoms with Gasteiger partial charge in [0.25, 0.3) is 0 Å². The minimum absolute atomic E-state index is 0.169. The molecule has 154 valence electrons. The lowest BCUT2D eigenvalue weighted by Gasteiger charge is -2.29. The number of allylic oxidation sites excluding steroid dienone is 4. The molecular formula is C23H36N4O. The summed E-state index contributed by atoms with van der Waals surface area (Å²) >= 11 is 0. The summed E-state index contributed by atoms with van der Waals surface area (Å²) in [5.41, 5.74) is 2.31. The third kappa shape index (κ3) is 6.48. The number of nitrogens with zero attached hydrogens (tertiary/aromatic N) is 3. The van der Waals surface area contributed by atoms with Crippen molar-refractivity contribution in [1.82, 2.24) is 20.0 Å². The number of aromatic nitrogens is 2. The molecule has 5 nitrogen and oxygen atoms in total. The van der Waals surface area contributed by atoms with Crippen molar-refractivity contribution in [2.45, 2.75) is 52.5 Å². The number of likely N-dealkylation sites (N-methyl/N-ethyl adjacent to an activating group) is 1. The largest absolute Gasteiger partial charge is 0.338 e. The minimum atomic E-state index is -0.169. The predicted molar refractivity (Wildman–Crippen MR) is 117 cm³/mol. The number of unbranched alkanes of at least 4 members (excludes halogenated alkanes) is 1. The first-order valence-corrected chi connectivity index (χ1v) is 10.6. The average molecular weight is 385 g/mol. The van der Waals surface area contributed by atoms with Crippen molar-refractivity contribution >= 4 is 11.5 Å². The first kappa shape index (κ1) is 22.2. The summed E-state index contributed by atoms with van der Waals surface area (Å²) in [7, 11) is 1.93. The Balaban J connectivity index is 2.07. The normalized spacial score (nSPS) is 20.7. The number of nitrogens with one attached hydrogen (secondary N) is 1. The van der Waals surface area contributed by atoms with Gasteiger partial charge in [0.05, 0.1) is 12.2 Å². The third-order valence-electron chi connectivity index (χ3n) is 5.08. The summed E-state index contributed by atoms with van der Waals surface area (Å²) in [4.78, 5) is 15.3. The highest BCUT2D eigenvalue weighted by Gasteiger charge is 2.26. The quantitative estimate of drug-likeness (QED) is 0.691. The summed E-state index contributed by atoms with van der Waals surface area (Å²) < 4.78 is 1.82. The van der Waals surface area contributed by atoms with Gasteiger partial charge in [0.2, 0.25) is 5.91 Å². The Bertz CT molecular complexity index is 701. The third-order valence-corrected chi connectivity index (χ3v) is 5.08. The number of hydrogen-bond acceptors (Lipinski definition) is 3. The van der Waals surface area contributed by atoms with Gasteiger partial charge in [-0.1, -0.05) is 57.6 Å². The van der Waals surface area contributed by atoms with Crippen LogP contribution in [0.2, 0.25) is 0 Å². The molecule has 1 aliphatic heterocycles. The molecule has 2 rings (SSSR count). The monoisotopic (exact) mass is 384 g/mol. The first-order valence-electron chi connectivity index (χ1n) is 10.6. The summed E-state index contributed by atoms with van der Waals surface area (Å²) in [5.74, 6) is 0.379. The zero-order valence-electron chi connectivity index (χ0n) is 17.9. The highest BCUT2D eigenvalue weighted by atomic mass is 16.2. The Kier molecular flexibility index (Phi) is 9.21. The molecule has 1 aromatic heterocycles. The number of aryl methyl sites for hydroxylation is 1. The molecule has 0 saturated heterocycles. The molecule has 0 aromatic carbocycles. The summed E-state index contributed by atoms with van der Waals surface area (Å²) in [6.07, 6.45) is 18.9.